The van der Waals surface area contributed by atoms with Crippen molar-refractivity contribution in [3.63, 3.8) is 0 Å². The van der Waals surface area contributed by atoms with E-state index in [0.29, 0.717) is 33.1 Å². The Kier molecular flexibility index (Phi) is 6.20. The SMILES string of the molecule is CCNCc1c(Cl)cccc1Oc1cc(Cl)c(Br)cc1Cl. The van der Waals surface area contributed by atoms with Crippen LogP contribution in [0.3, 0.4) is 0 Å². The van der Waals surface area contributed by atoms with Crippen LogP contribution in [-0.2, 0) is 6.54 Å². The zero-order valence-corrected chi connectivity index (χ0v) is 15.1. The summed E-state index contributed by atoms with van der Waals surface area (Å²) in [5.74, 6) is 1.15. The second-order valence-electron chi connectivity index (χ2n) is 4.30. The van der Waals surface area contributed by atoms with E-state index in [4.69, 9.17) is 39.5 Å². The Balaban J connectivity index is 2.35. The molecule has 1 N–H and O–H groups in total. The predicted molar refractivity (Wildman–Crippen MR) is 93.1 cm³/mol. The molecule has 2 nitrogen and oxygen atoms in total. The molecule has 21 heavy (non-hydrogen) atoms. The summed E-state index contributed by atoms with van der Waals surface area (Å²) in [5.41, 5.74) is 0.885. The van der Waals surface area contributed by atoms with Crippen molar-refractivity contribution in [2.75, 3.05) is 6.54 Å². The first-order chi connectivity index (χ1) is 10.0. The van der Waals surface area contributed by atoms with Crippen molar-refractivity contribution in [2.45, 2.75) is 13.5 Å². The lowest BCUT2D eigenvalue weighted by Gasteiger charge is -2.14. The highest BCUT2D eigenvalue weighted by atomic mass is 79.9. The Hall–Kier alpha value is -0.450. The van der Waals surface area contributed by atoms with E-state index in [9.17, 15) is 0 Å². The van der Waals surface area contributed by atoms with Gasteiger partial charge in [-0.1, -0.05) is 47.8 Å². The molecule has 0 bridgehead atoms. The number of hydrogen-bond acceptors (Lipinski definition) is 2. The van der Waals surface area contributed by atoms with Gasteiger partial charge in [0.05, 0.1) is 10.0 Å². The smallest absolute Gasteiger partial charge is 0.147 e. The number of ether oxygens (including phenoxy) is 1. The van der Waals surface area contributed by atoms with E-state index in [0.717, 1.165) is 16.6 Å². The maximum atomic E-state index is 6.24. The van der Waals surface area contributed by atoms with E-state index in [1.807, 2.05) is 25.1 Å². The van der Waals surface area contributed by atoms with Gasteiger partial charge in [0.15, 0.2) is 0 Å². The minimum Gasteiger partial charge on any atom is -0.455 e. The van der Waals surface area contributed by atoms with Crippen LogP contribution < -0.4 is 10.1 Å². The van der Waals surface area contributed by atoms with Gasteiger partial charge in [0.2, 0.25) is 0 Å². The monoisotopic (exact) mass is 407 g/mol. The zero-order chi connectivity index (χ0) is 15.4. The molecule has 0 radical (unpaired) electrons. The van der Waals surface area contributed by atoms with E-state index >= 15 is 0 Å². The van der Waals surface area contributed by atoms with Crippen molar-refractivity contribution < 1.29 is 4.74 Å². The molecular weight excluding hydrogens is 396 g/mol. The molecule has 0 aromatic heterocycles. The van der Waals surface area contributed by atoms with Gasteiger partial charge in [0.1, 0.15) is 11.5 Å². The van der Waals surface area contributed by atoms with Gasteiger partial charge < -0.3 is 10.1 Å². The molecule has 0 saturated carbocycles. The number of halogens is 4. The fourth-order valence-electron chi connectivity index (χ4n) is 1.76. The van der Waals surface area contributed by atoms with Gasteiger partial charge in [-0.2, -0.15) is 0 Å². The fraction of sp³-hybridized carbons (Fsp3) is 0.200. The van der Waals surface area contributed by atoms with Gasteiger partial charge in [-0.25, -0.2) is 0 Å². The van der Waals surface area contributed by atoms with Crippen molar-refractivity contribution in [1.29, 1.82) is 0 Å². The third-order valence-electron chi connectivity index (χ3n) is 2.82. The summed E-state index contributed by atoms with van der Waals surface area (Å²) < 4.78 is 6.61. The fourth-order valence-corrected chi connectivity index (χ4v) is 2.82. The summed E-state index contributed by atoms with van der Waals surface area (Å²) in [5, 5.41) is 4.89. The number of rotatable bonds is 5. The van der Waals surface area contributed by atoms with Crippen molar-refractivity contribution in [2.24, 2.45) is 0 Å². The number of nitrogens with one attached hydrogen (secondary N) is 1. The molecule has 0 saturated heterocycles. The van der Waals surface area contributed by atoms with Crippen LogP contribution in [0.5, 0.6) is 11.5 Å². The zero-order valence-electron chi connectivity index (χ0n) is 11.2. The van der Waals surface area contributed by atoms with Crippen molar-refractivity contribution in [3.05, 3.63) is 55.4 Å². The molecule has 2 aromatic carbocycles. The van der Waals surface area contributed by atoms with Gasteiger partial charge in [-0.3, -0.25) is 0 Å². The second-order valence-corrected chi connectivity index (χ2v) is 6.37. The standard InChI is InChI=1S/C15H13BrCl3NO/c1-2-20-8-9-11(17)4-3-5-14(9)21-15-7-12(18)10(16)6-13(15)19/h3-7,20H,2,8H2,1H3. The molecule has 0 spiro atoms. The summed E-state index contributed by atoms with van der Waals surface area (Å²) in [4.78, 5) is 0. The van der Waals surface area contributed by atoms with Gasteiger partial charge in [0, 0.05) is 27.7 Å². The van der Waals surface area contributed by atoms with Crippen LogP contribution in [0.4, 0.5) is 0 Å². The lowest BCUT2D eigenvalue weighted by molar-refractivity contribution is 0.473. The Morgan fingerprint density at radius 1 is 1.05 bits per heavy atom. The Morgan fingerprint density at radius 2 is 1.81 bits per heavy atom. The molecule has 112 valence electrons. The van der Waals surface area contributed by atoms with Crippen LogP contribution in [0.2, 0.25) is 15.1 Å². The van der Waals surface area contributed by atoms with Crippen molar-refractivity contribution in [1.82, 2.24) is 5.32 Å². The van der Waals surface area contributed by atoms with Gasteiger partial charge in [-0.15, -0.1) is 0 Å². The molecule has 2 aromatic rings. The molecule has 6 heteroatoms. The van der Waals surface area contributed by atoms with Crippen LogP contribution in [0.1, 0.15) is 12.5 Å². The maximum absolute atomic E-state index is 6.24. The Bertz CT molecular complexity index is 649. The Labute approximate surface area is 147 Å². The third kappa shape index (κ3) is 4.27. The molecule has 0 aliphatic heterocycles. The summed E-state index contributed by atoms with van der Waals surface area (Å²) in [7, 11) is 0. The average molecular weight is 410 g/mol. The first-order valence-electron chi connectivity index (χ1n) is 6.33. The highest BCUT2D eigenvalue weighted by molar-refractivity contribution is 9.10. The molecule has 0 aliphatic rings. The average Bonchev–Trinajstić information content (AvgIpc) is 2.44. The van der Waals surface area contributed by atoms with Crippen molar-refractivity contribution in [3.8, 4) is 11.5 Å². The topological polar surface area (TPSA) is 21.3 Å². The summed E-state index contributed by atoms with van der Waals surface area (Å²) in [6.45, 7) is 3.49. The second kappa shape index (κ2) is 7.70. The van der Waals surface area contributed by atoms with E-state index in [1.165, 1.54) is 0 Å². The molecule has 0 unspecified atom stereocenters. The van der Waals surface area contributed by atoms with E-state index < -0.39 is 0 Å². The lowest BCUT2D eigenvalue weighted by atomic mass is 10.2. The maximum Gasteiger partial charge on any atom is 0.147 e. The summed E-state index contributed by atoms with van der Waals surface area (Å²) >= 11 is 21.8. The highest BCUT2D eigenvalue weighted by Gasteiger charge is 2.12. The quantitative estimate of drug-likeness (QED) is 0.584. The molecule has 0 heterocycles. The van der Waals surface area contributed by atoms with E-state index in [-0.39, 0.29) is 0 Å². The molecule has 0 amide bonds. The van der Waals surface area contributed by atoms with Gasteiger partial charge in [-0.05, 0) is 40.7 Å². The lowest BCUT2D eigenvalue weighted by Crippen LogP contribution is -2.12. The normalized spacial score (nSPS) is 10.7. The van der Waals surface area contributed by atoms with E-state index in [2.05, 4.69) is 21.2 Å². The third-order valence-corrected chi connectivity index (χ3v) is 4.67. The van der Waals surface area contributed by atoms with Crippen LogP contribution >= 0.6 is 50.7 Å². The number of hydrogen-bond donors (Lipinski definition) is 1. The van der Waals surface area contributed by atoms with Crippen molar-refractivity contribution >= 4 is 50.7 Å². The molecule has 2 rings (SSSR count). The summed E-state index contributed by atoms with van der Waals surface area (Å²) in [6.07, 6.45) is 0. The number of benzene rings is 2. The van der Waals surface area contributed by atoms with Crippen LogP contribution in [0.25, 0.3) is 0 Å². The summed E-state index contributed by atoms with van der Waals surface area (Å²) in [6, 6.07) is 8.89. The molecule has 0 aliphatic carbocycles. The minimum atomic E-state index is 0.473. The Morgan fingerprint density at radius 3 is 2.52 bits per heavy atom. The highest BCUT2D eigenvalue weighted by Crippen LogP contribution is 2.38. The predicted octanol–water partition coefficient (Wildman–Crippen LogP) is 6.31. The van der Waals surface area contributed by atoms with E-state index in [1.54, 1.807) is 12.1 Å². The first kappa shape index (κ1) is 16.9. The minimum absolute atomic E-state index is 0.473. The largest absolute Gasteiger partial charge is 0.455 e. The first-order valence-corrected chi connectivity index (χ1v) is 8.26. The van der Waals surface area contributed by atoms with Crippen LogP contribution in [0.15, 0.2) is 34.8 Å². The van der Waals surface area contributed by atoms with Gasteiger partial charge in [0.25, 0.3) is 0 Å². The molecule has 0 atom stereocenters. The molecular formula is C15H13BrCl3NO. The molecule has 0 fully saturated rings. The van der Waals surface area contributed by atoms with Crippen LogP contribution in [0, 0.1) is 0 Å². The van der Waals surface area contributed by atoms with Gasteiger partial charge >= 0.3 is 0 Å². The van der Waals surface area contributed by atoms with Crippen LogP contribution in [-0.4, -0.2) is 6.54 Å².